The average Bonchev–Trinajstić information content (AvgIpc) is 2.47. The zero-order valence-corrected chi connectivity index (χ0v) is 12.7. The van der Waals surface area contributed by atoms with E-state index in [1.807, 2.05) is 38.1 Å². The van der Waals surface area contributed by atoms with Crippen LogP contribution in [0.2, 0.25) is 0 Å². The first-order chi connectivity index (χ1) is 9.97. The number of nitrogens with two attached hydrogens (primary N) is 1. The van der Waals surface area contributed by atoms with Crippen LogP contribution in [0.4, 0.5) is 10.5 Å². The molecular weight excluding hydrogens is 266 g/mol. The molecule has 0 aliphatic carbocycles. The maximum atomic E-state index is 12.2. The summed E-state index contributed by atoms with van der Waals surface area (Å²) in [5, 5.41) is 12.5. The summed E-state index contributed by atoms with van der Waals surface area (Å²) < 4.78 is 0. The van der Waals surface area contributed by atoms with Gasteiger partial charge in [-0.25, -0.2) is 4.79 Å². The lowest BCUT2D eigenvalue weighted by atomic mass is 9.92. The molecule has 0 aromatic heterocycles. The van der Waals surface area contributed by atoms with Crippen LogP contribution in [0.3, 0.4) is 0 Å². The van der Waals surface area contributed by atoms with Gasteiger partial charge in [0.2, 0.25) is 0 Å². The van der Waals surface area contributed by atoms with E-state index in [4.69, 9.17) is 5.73 Å². The second-order valence-electron chi connectivity index (χ2n) is 5.91. The van der Waals surface area contributed by atoms with Crippen LogP contribution in [0.15, 0.2) is 24.3 Å². The number of aliphatic hydroxyl groups is 1. The van der Waals surface area contributed by atoms with Gasteiger partial charge in [-0.3, -0.25) is 0 Å². The molecule has 2 unspecified atom stereocenters. The summed E-state index contributed by atoms with van der Waals surface area (Å²) in [4.78, 5) is 14.0. The maximum Gasteiger partial charge on any atom is 0.321 e. The van der Waals surface area contributed by atoms with Gasteiger partial charge in [0.1, 0.15) is 0 Å². The minimum atomic E-state index is -0.291. The Morgan fingerprint density at radius 1 is 1.29 bits per heavy atom. The summed E-state index contributed by atoms with van der Waals surface area (Å²) >= 11 is 0. The van der Waals surface area contributed by atoms with Gasteiger partial charge >= 0.3 is 6.03 Å². The molecule has 0 saturated carbocycles. The molecule has 5 nitrogen and oxygen atoms in total. The normalized spacial score (nSPS) is 19.1. The van der Waals surface area contributed by atoms with Gasteiger partial charge in [-0.1, -0.05) is 12.1 Å². The molecule has 1 fully saturated rings. The van der Waals surface area contributed by atoms with Crippen LogP contribution in [0.1, 0.15) is 38.3 Å². The number of likely N-dealkylation sites (tertiary alicyclic amines) is 1. The first-order valence-corrected chi connectivity index (χ1v) is 7.57. The third-order valence-electron chi connectivity index (χ3n) is 4.20. The molecule has 1 aliphatic rings. The highest BCUT2D eigenvalue weighted by Gasteiger charge is 2.25. The van der Waals surface area contributed by atoms with E-state index in [9.17, 15) is 9.90 Å². The van der Waals surface area contributed by atoms with Crippen LogP contribution in [0, 0.1) is 5.92 Å². The number of nitrogens with one attached hydrogen (secondary N) is 1. The first-order valence-electron chi connectivity index (χ1n) is 7.57. The number of benzene rings is 1. The number of aliphatic hydroxyl groups excluding tert-OH is 1. The van der Waals surface area contributed by atoms with E-state index in [1.54, 1.807) is 4.90 Å². The van der Waals surface area contributed by atoms with Crippen molar-refractivity contribution in [2.75, 3.05) is 18.4 Å². The van der Waals surface area contributed by atoms with E-state index >= 15 is 0 Å². The van der Waals surface area contributed by atoms with Crippen molar-refractivity contribution in [1.29, 1.82) is 0 Å². The van der Waals surface area contributed by atoms with Crippen molar-refractivity contribution in [3.63, 3.8) is 0 Å². The van der Waals surface area contributed by atoms with Crippen LogP contribution in [-0.4, -0.2) is 35.2 Å². The number of carbonyl (C=O) groups is 1. The lowest BCUT2D eigenvalue weighted by Gasteiger charge is -2.33. The molecule has 1 aromatic rings. The molecule has 5 heteroatoms. The van der Waals surface area contributed by atoms with Gasteiger partial charge in [-0.05, 0) is 50.3 Å². The summed E-state index contributed by atoms with van der Waals surface area (Å²) in [6.45, 7) is 5.14. The number of urea groups is 1. The van der Waals surface area contributed by atoms with Gasteiger partial charge in [0.15, 0.2) is 0 Å². The third-order valence-corrected chi connectivity index (χ3v) is 4.20. The smallest absolute Gasteiger partial charge is 0.321 e. The highest BCUT2D eigenvalue weighted by molar-refractivity contribution is 5.89. The maximum absolute atomic E-state index is 12.2. The van der Waals surface area contributed by atoms with E-state index in [-0.39, 0.29) is 18.2 Å². The number of hydrogen-bond donors (Lipinski definition) is 3. The Morgan fingerprint density at radius 2 is 1.86 bits per heavy atom. The van der Waals surface area contributed by atoms with Gasteiger partial charge in [0.05, 0.1) is 6.10 Å². The van der Waals surface area contributed by atoms with Crippen LogP contribution in [0.25, 0.3) is 0 Å². The summed E-state index contributed by atoms with van der Waals surface area (Å²) in [5.41, 5.74) is 7.63. The second kappa shape index (κ2) is 6.91. The number of piperidine rings is 1. The van der Waals surface area contributed by atoms with Crippen molar-refractivity contribution < 1.29 is 9.90 Å². The van der Waals surface area contributed by atoms with Gasteiger partial charge in [-0.2, -0.15) is 0 Å². The Bertz CT molecular complexity index is 463. The SMILES string of the molecule is CC(N)c1ccc(NC(=O)N2CCC(C(C)O)CC2)cc1. The molecule has 1 saturated heterocycles. The Kier molecular flexibility index (Phi) is 5.20. The van der Waals surface area contributed by atoms with Crippen LogP contribution < -0.4 is 11.1 Å². The van der Waals surface area contributed by atoms with Crippen molar-refractivity contribution in [3.05, 3.63) is 29.8 Å². The third kappa shape index (κ3) is 4.19. The highest BCUT2D eigenvalue weighted by atomic mass is 16.3. The molecule has 0 spiro atoms. The molecular formula is C16H25N3O2. The average molecular weight is 291 g/mol. The van der Waals surface area contributed by atoms with Crippen molar-refractivity contribution in [1.82, 2.24) is 4.90 Å². The largest absolute Gasteiger partial charge is 0.393 e. The van der Waals surface area contributed by atoms with Crippen molar-refractivity contribution in [2.24, 2.45) is 11.7 Å². The standard InChI is InChI=1S/C16H25N3O2/c1-11(17)13-3-5-15(6-4-13)18-16(21)19-9-7-14(8-10-19)12(2)20/h3-6,11-12,14,20H,7-10,17H2,1-2H3,(H,18,21). The van der Waals surface area contributed by atoms with Gasteiger partial charge < -0.3 is 21.1 Å². The van der Waals surface area contributed by atoms with Crippen LogP contribution in [-0.2, 0) is 0 Å². The van der Waals surface area contributed by atoms with E-state index in [0.29, 0.717) is 19.0 Å². The van der Waals surface area contributed by atoms with Crippen molar-refractivity contribution in [3.8, 4) is 0 Å². The van der Waals surface area contributed by atoms with E-state index < -0.39 is 0 Å². The fraction of sp³-hybridized carbons (Fsp3) is 0.562. The number of rotatable bonds is 3. The fourth-order valence-electron chi connectivity index (χ4n) is 2.66. The highest BCUT2D eigenvalue weighted by Crippen LogP contribution is 2.21. The van der Waals surface area contributed by atoms with E-state index in [0.717, 1.165) is 24.1 Å². The van der Waals surface area contributed by atoms with Crippen LogP contribution in [0.5, 0.6) is 0 Å². The minimum Gasteiger partial charge on any atom is -0.393 e. The number of carbonyl (C=O) groups excluding carboxylic acids is 1. The Labute approximate surface area is 126 Å². The zero-order valence-electron chi connectivity index (χ0n) is 12.7. The predicted octanol–water partition coefficient (Wildman–Crippen LogP) is 2.33. The van der Waals surface area contributed by atoms with Gasteiger partial charge in [0, 0.05) is 24.8 Å². The van der Waals surface area contributed by atoms with E-state index in [1.165, 1.54) is 0 Å². The molecule has 2 atom stereocenters. The van der Waals surface area contributed by atoms with Crippen molar-refractivity contribution >= 4 is 11.7 Å². The van der Waals surface area contributed by atoms with Crippen molar-refractivity contribution in [2.45, 2.75) is 38.8 Å². The van der Waals surface area contributed by atoms with Gasteiger partial charge in [-0.15, -0.1) is 0 Å². The number of nitrogens with zero attached hydrogens (tertiary/aromatic N) is 1. The Balaban J connectivity index is 1.87. The Morgan fingerprint density at radius 3 is 2.33 bits per heavy atom. The number of hydrogen-bond acceptors (Lipinski definition) is 3. The second-order valence-corrected chi connectivity index (χ2v) is 5.91. The van der Waals surface area contributed by atoms with Crippen LogP contribution >= 0.6 is 0 Å². The lowest BCUT2D eigenvalue weighted by molar-refractivity contribution is 0.0820. The zero-order chi connectivity index (χ0) is 15.4. The molecule has 1 aromatic carbocycles. The summed E-state index contributed by atoms with van der Waals surface area (Å²) in [6.07, 6.45) is 1.42. The number of amides is 2. The topological polar surface area (TPSA) is 78.6 Å². The predicted molar refractivity (Wildman–Crippen MR) is 84.0 cm³/mol. The molecule has 2 rings (SSSR count). The molecule has 2 amide bonds. The monoisotopic (exact) mass is 291 g/mol. The molecule has 116 valence electrons. The molecule has 0 radical (unpaired) electrons. The summed E-state index contributed by atoms with van der Waals surface area (Å²) in [5.74, 6) is 0.305. The molecule has 21 heavy (non-hydrogen) atoms. The minimum absolute atomic E-state index is 0.00532. The first kappa shape index (κ1) is 15.8. The number of anilines is 1. The quantitative estimate of drug-likeness (QED) is 0.799. The van der Waals surface area contributed by atoms with E-state index in [2.05, 4.69) is 5.32 Å². The summed E-state index contributed by atoms with van der Waals surface area (Å²) in [7, 11) is 0. The molecule has 1 aliphatic heterocycles. The fourth-order valence-corrected chi connectivity index (χ4v) is 2.66. The van der Waals surface area contributed by atoms with Gasteiger partial charge in [0.25, 0.3) is 0 Å². The summed E-state index contributed by atoms with van der Waals surface area (Å²) in [6, 6.07) is 7.53. The molecule has 1 heterocycles. The lowest BCUT2D eigenvalue weighted by Crippen LogP contribution is -2.42. The molecule has 0 bridgehead atoms. The Hall–Kier alpha value is -1.59. The molecule has 4 N–H and O–H groups in total.